The second-order valence-electron chi connectivity index (χ2n) is 4.68. The lowest BCUT2D eigenvalue weighted by molar-refractivity contribution is -0.130. The van der Waals surface area contributed by atoms with Gasteiger partial charge in [-0.1, -0.05) is 54.6 Å². The molecule has 0 aliphatic heterocycles. The van der Waals surface area contributed by atoms with Crippen LogP contribution in [0.5, 0.6) is 0 Å². The summed E-state index contributed by atoms with van der Waals surface area (Å²) >= 11 is 0. The lowest BCUT2D eigenvalue weighted by Crippen LogP contribution is -1.99. The molecule has 3 heteroatoms. The molecule has 0 saturated heterocycles. The molecule has 3 nitrogen and oxygen atoms in total. The first-order valence-electron chi connectivity index (χ1n) is 6.59. The van der Waals surface area contributed by atoms with Crippen LogP contribution in [0.15, 0.2) is 67.0 Å². The Labute approximate surface area is 122 Å². The first kappa shape index (κ1) is 13.1. The third-order valence-electron chi connectivity index (χ3n) is 3.31. The van der Waals surface area contributed by atoms with Gasteiger partial charge in [0.2, 0.25) is 0 Å². The van der Waals surface area contributed by atoms with Crippen molar-refractivity contribution in [2.75, 3.05) is 0 Å². The number of nitrogens with zero attached hydrogens (tertiary/aromatic N) is 1. The molecule has 0 bridgehead atoms. The van der Waals surface area contributed by atoms with Crippen LogP contribution in [0.2, 0.25) is 0 Å². The van der Waals surface area contributed by atoms with E-state index in [1.807, 2.05) is 42.5 Å². The fourth-order valence-corrected chi connectivity index (χ4v) is 2.30. The maximum absolute atomic E-state index is 11.6. The van der Waals surface area contributed by atoms with Gasteiger partial charge in [-0.05, 0) is 17.0 Å². The summed E-state index contributed by atoms with van der Waals surface area (Å²) in [5.41, 5.74) is 1.74. The summed E-state index contributed by atoms with van der Waals surface area (Å²) in [4.78, 5) is 15.7. The molecular weight excluding hydrogens is 262 g/mol. The number of rotatable bonds is 3. The normalized spacial score (nSPS) is 11.5. The molecule has 1 heterocycles. The Balaban J connectivity index is 2.19. The minimum Gasteiger partial charge on any atom is -0.478 e. The van der Waals surface area contributed by atoms with Crippen LogP contribution in [0.4, 0.5) is 0 Å². The number of carboxylic acid groups (broad SMARTS) is 1. The highest BCUT2D eigenvalue weighted by molar-refractivity contribution is 6.21. The summed E-state index contributed by atoms with van der Waals surface area (Å²) in [7, 11) is 0. The van der Waals surface area contributed by atoms with Crippen molar-refractivity contribution in [1.82, 2.24) is 4.98 Å². The van der Waals surface area contributed by atoms with Crippen LogP contribution in [0.3, 0.4) is 0 Å². The van der Waals surface area contributed by atoms with E-state index >= 15 is 0 Å². The Kier molecular flexibility index (Phi) is 3.48. The lowest BCUT2D eigenvalue weighted by Gasteiger charge is -2.05. The van der Waals surface area contributed by atoms with Crippen LogP contribution >= 0.6 is 0 Å². The first-order chi connectivity index (χ1) is 10.3. The van der Waals surface area contributed by atoms with Gasteiger partial charge in [0.1, 0.15) is 0 Å². The van der Waals surface area contributed by atoms with Gasteiger partial charge in [0.25, 0.3) is 0 Å². The predicted octanol–water partition coefficient (Wildman–Crippen LogP) is 3.86. The zero-order valence-corrected chi connectivity index (χ0v) is 11.2. The number of fused-ring (bicyclic) bond motifs is 1. The van der Waals surface area contributed by atoms with E-state index in [2.05, 4.69) is 4.98 Å². The Hall–Kier alpha value is -2.94. The fraction of sp³-hybridized carbons (Fsp3) is 0. The number of benzene rings is 2. The summed E-state index contributed by atoms with van der Waals surface area (Å²) in [5, 5.41) is 11.4. The molecule has 0 amide bonds. The van der Waals surface area contributed by atoms with Crippen LogP contribution < -0.4 is 0 Å². The van der Waals surface area contributed by atoms with E-state index in [0.29, 0.717) is 5.56 Å². The maximum Gasteiger partial charge on any atom is 0.336 e. The number of carboxylic acids is 1. The molecule has 0 aliphatic rings. The monoisotopic (exact) mass is 275 g/mol. The van der Waals surface area contributed by atoms with Crippen LogP contribution in [-0.4, -0.2) is 16.1 Å². The van der Waals surface area contributed by atoms with Crippen molar-refractivity contribution in [2.45, 2.75) is 0 Å². The molecule has 1 aromatic heterocycles. The van der Waals surface area contributed by atoms with Gasteiger partial charge in [-0.3, -0.25) is 4.98 Å². The molecule has 1 N–H and O–H groups in total. The molecule has 3 rings (SSSR count). The average molecular weight is 275 g/mol. The molecule has 21 heavy (non-hydrogen) atoms. The van der Waals surface area contributed by atoms with Gasteiger partial charge in [0.05, 0.1) is 5.57 Å². The first-order valence-corrected chi connectivity index (χ1v) is 6.59. The van der Waals surface area contributed by atoms with Crippen molar-refractivity contribution in [3.05, 3.63) is 78.1 Å². The molecule has 0 unspecified atom stereocenters. The van der Waals surface area contributed by atoms with Crippen LogP contribution in [0, 0.1) is 0 Å². The Morgan fingerprint density at radius 3 is 2.43 bits per heavy atom. The highest BCUT2D eigenvalue weighted by atomic mass is 16.4. The van der Waals surface area contributed by atoms with Crippen molar-refractivity contribution in [3.63, 3.8) is 0 Å². The van der Waals surface area contributed by atoms with Crippen LogP contribution in [0.25, 0.3) is 22.4 Å². The highest BCUT2D eigenvalue weighted by Gasteiger charge is 2.11. The van der Waals surface area contributed by atoms with E-state index in [1.165, 1.54) is 0 Å². The Bertz CT molecular complexity index is 818. The second-order valence-corrected chi connectivity index (χ2v) is 4.68. The molecule has 0 fully saturated rings. The van der Waals surface area contributed by atoms with Gasteiger partial charge in [-0.15, -0.1) is 0 Å². The molecule has 0 atom stereocenters. The topological polar surface area (TPSA) is 50.2 Å². The molecule has 3 aromatic rings. The molecular formula is C18H13NO2. The third kappa shape index (κ3) is 2.67. The number of aromatic nitrogens is 1. The van der Waals surface area contributed by atoms with Crippen molar-refractivity contribution in [2.24, 2.45) is 0 Å². The van der Waals surface area contributed by atoms with Crippen molar-refractivity contribution in [1.29, 1.82) is 0 Å². The summed E-state index contributed by atoms with van der Waals surface area (Å²) in [6.07, 6.45) is 5.14. The van der Waals surface area contributed by atoms with E-state index in [1.54, 1.807) is 30.6 Å². The van der Waals surface area contributed by atoms with E-state index in [-0.39, 0.29) is 5.57 Å². The molecule has 0 radical (unpaired) electrons. The quantitative estimate of drug-likeness (QED) is 0.738. The van der Waals surface area contributed by atoms with Gasteiger partial charge in [0.15, 0.2) is 0 Å². The lowest BCUT2D eigenvalue weighted by atomic mass is 10.0. The van der Waals surface area contributed by atoms with Crippen molar-refractivity contribution < 1.29 is 9.90 Å². The molecule has 0 aliphatic carbocycles. The van der Waals surface area contributed by atoms with E-state index < -0.39 is 5.97 Å². The number of hydrogen-bond donors (Lipinski definition) is 1. The van der Waals surface area contributed by atoms with Crippen LogP contribution in [0.1, 0.15) is 11.1 Å². The van der Waals surface area contributed by atoms with E-state index in [0.717, 1.165) is 16.3 Å². The minimum absolute atomic E-state index is 0.258. The van der Waals surface area contributed by atoms with E-state index in [4.69, 9.17) is 0 Å². The highest BCUT2D eigenvalue weighted by Crippen LogP contribution is 2.23. The summed E-state index contributed by atoms with van der Waals surface area (Å²) in [6, 6.07) is 16.9. The minimum atomic E-state index is -0.950. The SMILES string of the molecule is O=C(O)/C(=C/c1cncc2ccccc12)c1ccccc1. The molecule has 0 spiro atoms. The van der Waals surface area contributed by atoms with Crippen molar-refractivity contribution in [3.8, 4) is 0 Å². The second kappa shape index (κ2) is 5.59. The zero-order valence-electron chi connectivity index (χ0n) is 11.2. The van der Waals surface area contributed by atoms with Crippen molar-refractivity contribution >= 4 is 28.4 Å². The summed E-state index contributed by atoms with van der Waals surface area (Å²) < 4.78 is 0. The molecule has 102 valence electrons. The number of carbonyl (C=O) groups is 1. The van der Waals surface area contributed by atoms with Crippen LogP contribution in [-0.2, 0) is 4.79 Å². The van der Waals surface area contributed by atoms with Gasteiger partial charge < -0.3 is 5.11 Å². The van der Waals surface area contributed by atoms with Gasteiger partial charge in [0, 0.05) is 23.3 Å². The summed E-state index contributed by atoms with van der Waals surface area (Å²) in [5.74, 6) is -0.950. The Morgan fingerprint density at radius 1 is 0.952 bits per heavy atom. The fourth-order valence-electron chi connectivity index (χ4n) is 2.30. The summed E-state index contributed by atoms with van der Waals surface area (Å²) in [6.45, 7) is 0. The molecule has 2 aromatic carbocycles. The number of pyridine rings is 1. The zero-order chi connectivity index (χ0) is 14.7. The molecule has 0 saturated carbocycles. The van der Waals surface area contributed by atoms with E-state index in [9.17, 15) is 9.90 Å². The van der Waals surface area contributed by atoms with Gasteiger partial charge in [-0.25, -0.2) is 4.79 Å². The standard InChI is InChI=1S/C18H13NO2/c20-18(21)17(13-6-2-1-3-7-13)10-15-12-19-11-14-8-4-5-9-16(14)15/h1-12H,(H,20,21)/b17-10+. The average Bonchev–Trinajstić information content (AvgIpc) is 2.53. The maximum atomic E-state index is 11.6. The number of hydrogen-bond acceptors (Lipinski definition) is 2. The van der Waals surface area contributed by atoms with Gasteiger partial charge in [-0.2, -0.15) is 0 Å². The predicted molar refractivity (Wildman–Crippen MR) is 83.7 cm³/mol. The number of aliphatic carboxylic acids is 1. The largest absolute Gasteiger partial charge is 0.478 e. The Morgan fingerprint density at radius 2 is 1.67 bits per heavy atom. The third-order valence-corrected chi connectivity index (χ3v) is 3.31. The smallest absolute Gasteiger partial charge is 0.336 e. The van der Waals surface area contributed by atoms with Gasteiger partial charge >= 0.3 is 5.97 Å².